The molecule has 174 valence electrons. The van der Waals surface area contributed by atoms with E-state index < -0.39 is 0 Å². The number of hydrogen-bond acceptors (Lipinski definition) is 3. The first-order valence-electron chi connectivity index (χ1n) is 11.3. The third-order valence-electron chi connectivity index (χ3n) is 6.51. The normalized spacial score (nSPS) is 13.8. The van der Waals surface area contributed by atoms with Gasteiger partial charge in [-0.15, -0.1) is 0 Å². The van der Waals surface area contributed by atoms with E-state index in [1.54, 1.807) is 21.3 Å². The second-order valence-electron chi connectivity index (χ2n) is 9.49. The lowest BCUT2D eigenvalue weighted by Crippen LogP contribution is -2.31. The maximum absolute atomic E-state index is 5.41. The van der Waals surface area contributed by atoms with Gasteiger partial charge in [-0.2, -0.15) is 0 Å². The van der Waals surface area contributed by atoms with Gasteiger partial charge >= 0.3 is 0 Å². The number of methoxy groups -OCH3 is 3. The van der Waals surface area contributed by atoms with E-state index in [9.17, 15) is 0 Å². The maximum Gasteiger partial charge on any atom is 0.118 e. The Morgan fingerprint density at radius 1 is 0.636 bits per heavy atom. The highest BCUT2D eigenvalue weighted by Gasteiger charge is 2.34. The highest BCUT2D eigenvalue weighted by Crippen LogP contribution is 2.42. The van der Waals surface area contributed by atoms with Gasteiger partial charge in [-0.05, 0) is 77.4 Å². The molecule has 0 heterocycles. The van der Waals surface area contributed by atoms with Crippen molar-refractivity contribution in [2.45, 2.75) is 44.9 Å². The minimum atomic E-state index is -0.195. The summed E-state index contributed by atoms with van der Waals surface area (Å²) in [6, 6.07) is 25.1. The second-order valence-corrected chi connectivity index (χ2v) is 9.49. The number of ether oxygens (including phenoxy) is 3. The third kappa shape index (κ3) is 5.78. The Kier molecular flexibility index (Phi) is 7.53. The minimum absolute atomic E-state index is 0.0579. The molecule has 0 saturated carbocycles. The molecular weight excluding hydrogens is 408 g/mol. The Balaban J connectivity index is 2.03. The van der Waals surface area contributed by atoms with Crippen LogP contribution in [-0.4, -0.2) is 21.3 Å². The molecule has 3 nitrogen and oxygen atoms in total. The molecule has 33 heavy (non-hydrogen) atoms. The van der Waals surface area contributed by atoms with Gasteiger partial charge in [0.2, 0.25) is 0 Å². The number of allylic oxidation sites excluding steroid dienone is 2. The summed E-state index contributed by atoms with van der Waals surface area (Å²) >= 11 is 0. The van der Waals surface area contributed by atoms with Crippen LogP contribution in [0.4, 0.5) is 0 Å². The van der Waals surface area contributed by atoms with Crippen molar-refractivity contribution in [3.05, 3.63) is 95.6 Å². The molecule has 0 aliphatic carbocycles. The second kappa shape index (κ2) is 10.2. The van der Waals surface area contributed by atoms with E-state index >= 15 is 0 Å². The van der Waals surface area contributed by atoms with Gasteiger partial charge in [-0.25, -0.2) is 0 Å². The van der Waals surface area contributed by atoms with Crippen molar-refractivity contribution in [3.8, 4) is 17.2 Å². The third-order valence-corrected chi connectivity index (χ3v) is 6.51. The first kappa shape index (κ1) is 24.4. The van der Waals surface area contributed by atoms with Gasteiger partial charge in [0, 0.05) is 5.41 Å². The molecule has 0 amide bonds. The number of hydrogen-bond donors (Lipinski definition) is 0. The predicted molar refractivity (Wildman–Crippen MR) is 138 cm³/mol. The van der Waals surface area contributed by atoms with Gasteiger partial charge in [0.1, 0.15) is 17.2 Å². The smallest absolute Gasteiger partial charge is 0.118 e. The van der Waals surface area contributed by atoms with Gasteiger partial charge in [0.25, 0.3) is 0 Å². The molecule has 0 aliphatic rings. The molecule has 0 N–H and O–H groups in total. The maximum atomic E-state index is 5.41. The van der Waals surface area contributed by atoms with Crippen molar-refractivity contribution in [1.82, 2.24) is 0 Å². The quantitative estimate of drug-likeness (QED) is 0.343. The van der Waals surface area contributed by atoms with Crippen LogP contribution in [-0.2, 0) is 10.8 Å². The molecule has 0 saturated heterocycles. The summed E-state index contributed by atoms with van der Waals surface area (Å²) in [5.74, 6) is 2.61. The highest BCUT2D eigenvalue weighted by molar-refractivity contribution is 5.66. The molecule has 3 heteroatoms. The summed E-state index contributed by atoms with van der Waals surface area (Å²) < 4.78 is 16.1. The summed E-state index contributed by atoms with van der Waals surface area (Å²) in [5.41, 5.74) is 4.73. The Bertz CT molecular complexity index is 1060. The molecule has 0 fully saturated rings. The Morgan fingerprint density at radius 3 is 1.45 bits per heavy atom. The van der Waals surface area contributed by atoms with Crippen molar-refractivity contribution in [3.63, 3.8) is 0 Å². The molecule has 0 aromatic heterocycles. The average molecular weight is 445 g/mol. The average Bonchev–Trinajstić information content (AvgIpc) is 2.83. The topological polar surface area (TPSA) is 27.7 Å². The first-order chi connectivity index (χ1) is 15.7. The molecule has 0 spiro atoms. The van der Waals surface area contributed by atoms with Gasteiger partial charge in [0.05, 0.1) is 21.3 Å². The van der Waals surface area contributed by atoms with Gasteiger partial charge in [-0.3, -0.25) is 0 Å². The fourth-order valence-corrected chi connectivity index (χ4v) is 4.69. The Morgan fingerprint density at radius 2 is 1.03 bits per heavy atom. The molecule has 3 aromatic rings. The van der Waals surface area contributed by atoms with E-state index in [0.29, 0.717) is 0 Å². The van der Waals surface area contributed by atoms with Crippen LogP contribution in [0.3, 0.4) is 0 Å². The van der Waals surface area contributed by atoms with Crippen LogP contribution in [0.1, 0.15) is 50.8 Å². The molecule has 0 aliphatic heterocycles. The predicted octanol–water partition coefficient (Wildman–Crippen LogP) is 7.44. The first-order valence-corrected chi connectivity index (χ1v) is 11.3. The largest absolute Gasteiger partial charge is 0.497 e. The van der Waals surface area contributed by atoms with Crippen LogP contribution >= 0.6 is 0 Å². The lowest BCUT2D eigenvalue weighted by Gasteiger charge is -2.37. The van der Waals surface area contributed by atoms with Crippen LogP contribution in [0.15, 0.2) is 78.9 Å². The monoisotopic (exact) mass is 444 g/mol. The fraction of sp³-hybridized carbons (Fsp3) is 0.333. The van der Waals surface area contributed by atoms with Crippen LogP contribution in [0.25, 0.3) is 5.57 Å². The van der Waals surface area contributed by atoms with Crippen molar-refractivity contribution in [2.24, 2.45) is 0 Å². The molecule has 0 bridgehead atoms. The number of rotatable bonds is 9. The Hall–Kier alpha value is -3.20. The van der Waals surface area contributed by atoms with Gasteiger partial charge in [-0.1, -0.05) is 63.2 Å². The van der Waals surface area contributed by atoms with E-state index in [-0.39, 0.29) is 10.8 Å². The Labute approximate surface area is 199 Å². The lowest BCUT2D eigenvalue weighted by atomic mass is 9.67. The summed E-state index contributed by atoms with van der Waals surface area (Å²) in [7, 11) is 5.10. The lowest BCUT2D eigenvalue weighted by molar-refractivity contribution is 0.377. The molecule has 1 atom stereocenters. The van der Waals surface area contributed by atoms with Crippen molar-refractivity contribution < 1.29 is 14.2 Å². The van der Waals surface area contributed by atoms with Gasteiger partial charge < -0.3 is 14.2 Å². The van der Waals surface area contributed by atoms with Gasteiger partial charge in [0.15, 0.2) is 0 Å². The zero-order valence-corrected chi connectivity index (χ0v) is 20.9. The molecule has 0 radical (unpaired) electrons. The summed E-state index contributed by atoms with van der Waals surface area (Å²) in [5, 5.41) is 0. The van der Waals surface area contributed by atoms with Crippen LogP contribution in [0.2, 0.25) is 0 Å². The summed E-state index contributed by atoms with van der Waals surface area (Å²) in [4.78, 5) is 0. The van der Waals surface area contributed by atoms with Crippen molar-refractivity contribution in [2.75, 3.05) is 21.3 Å². The van der Waals surface area contributed by atoms with E-state index in [0.717, 1.165) is 23.7 Å². The van der Waals surface area contributed by atoms with E-state index in [1.807, 2.05) is 36.4 Å². The van der Waals surface area contributed by atoms with Crippen LogP contribution in [0, 0.1) is 0 Å². The van der Waals surface area contributed by atoms with Crippen LogP contribution in [0.5, 0.6) is 17.2 Å². The van der Waals surface area contributed by atoms with Crippen molar-refractivity contribution >= 4 is 5.57 Å². The van der Waals surface area contributed by atoms with E-state index in [1.165, 1.54) is 22.3 Å². The zero-order chi connectivity index (χ0) is 24.1. The fourth-order valence-electron chi connectivity index (χ4n) is 4.69. The highest BCUT2D eigenvalue weighted by atomic mass is 16.5. The molecule has 3 rings (SSSR count). The van der Waals surface area contributed by atoms with Crippen molar-refractivity contribution in [1.29, 1.82) is 0 Å². The molecule has 3 aromatic carbocycles. The molecular formula is C30H36O3. The number of benzene rings is 3. The van der Waals surface area contributed by atoms with Crippen LogP contribution < -0.4 is 14.2 Å². The standard InChI is InChI=1S/C30H36O3/c1-22(23-8-14-26(31-5)15-9-23)20-30(4,25-12-18-28(33-7)19-13-25)21-29(2,3)24-10-16-27(32-6)17-11-24/h8-20H,21H2,1-7H3/b22-20-. The summed E-state index contributed by atoms with van der Waals surface area (Å²) in [6.07, 6.45) is 3.34. The minimum Gasteiger partial charge on any atom is -0.497 e. The van der Waals surface area contributed by atoms with E-state index in [2.05, 4.69) is 70.2 Å². The SMILES string of the molecule is COc1ccc(/C(C)=C\C(C)(CC(C)(C)c2ccc(OC)cc2)c2ccc(OC)cc2)cc1. The molecule has 1 unspecified atom stereocenters. The summed E-state index contributed by atoms with van der Waals surface area (Å²) in [6.45, 7) is 9.14. The zero-order valence-electron chi connectivity index (χ0n) is 20.9. The van der Waals surface area contributed by atoms with E-state index in [4.69, 9.17) is 14.2 Å².